The molecule has 0 spiro atoms. The summed E-state index contributed by atoms with van der Waals surface area (Å²) < 4.78 is 16.8. The first-order chi connectivity index (χ1) is 27.9. The highest BCUT2D eigenvalue weighted by Crippen LogP contribution is 2.17. The van der Waals surface area contributed by atoms with Gasteiger partial charge in [0.05, 0.1) is 0 Å². The molecule has 0 rings (SSSR count). The summed E-state index contributed by atoms with van der Waals surface area (Å²) in [4.78, 5) is 37.8. The average Bonchev–Trinajstić information content (AvgIpc) is 3.21. The molecule has 57 heavy (non-hydrogen) atoms. The monoisotopic (exact) mass is 807 g/mol. The van der Waals surface area contributed by atoms with Gasteiger partial charge in [0.15, 0.2) is 6.10 Å². The molecule has 0 aliphatic heterocycles. The quantitative estimate of drug-likeness (QED) is 0.0346. The van der Waals surface area contributed by atoms with Gasteiger partial charge in [-0.3, -0.25) is 14.4 Å². The van der Waals surface area contributed by atoms with E-state index in [0.29, 0.717) is 19.3 Å². The molecule has 1 unspecified atom stereocenters. The van der Waals surface area contributed by atoms with Gasteiger partial charge in [0.1, 0.15) is 13.2 Å². The van der Waals surface area contributed by atoms with Crippen LogP contribution in [0.5, 0.6) is 0 Å². The Balaban J connectivity index is 4.22. The van der Waals surface area contributed by atoms with Gasteiger partial charge in [-0.15, -0.1) is 0 Å². The molecule has 0 N–H and O–H groups in total. The third-order valence-electron chi connectivity index (χ3n) is 11.9. The maximum Gasteiger partial charge on any atom is 0.306 e. The van der Waals surface area contributed by atoms with Crippen LogP contribution in [0.1, 0.15) is 285 Å². The fraction of sp³-hybridized carbons (Fsp3) is 0.941. The smallest absolute Gasteiger partial charge is 0.306 e. The SMILES string of the molecule is CCCCCCCCCCCCCCC(=O)OC[C@H](COC(=O)CCCCCCCCCCCCCCCCC(C)CC)OC(=O)CCCCCCCCCCC. The molecule has 0 fully saturated rings. The summed E-state index contributed by atoms with van der Waals surface area (Å²) in [5, 5.41) is 0. The largest absolute Gasteiger partial charge is 0.462 e. The Hall–Kier alpha value is -1.59. The van der Waals surface area contributed by atoms with E-state index in [4.69, 9.17) is 14.2 Å². The van der Waals surface area contributed by atoms with Crippen molar-refractivity contribution in [2.75, 3.05) is 13.2 Å². The van der Waals surface area contributed by atoms with E-state index in [9.17, 15) is 14.4 Å². The zero-order chi connectivity index (χ0) is 41.7. The third kappa shape index (κ3) is 43.8. The first-order valence-electron chi connectivity index (χ1n) is 25.4. The molecule has 0 aromatic rings. The van der Waals surface area contributed by atoms with Crippen LogP contribution < -0.4 is 0 Å². The van der Waals surface area contributed by atoms with Crippen LogP contribution in [-0.2, 0) is 28.6 Å². The molecule has 0 heterocycles. The first kappa shape index (κ1) is 55.4. The van der Waals surface area contributed by atoms with E-state index in [1.165, 1.54) is 180 Å². The van der Waals surface area contributed by atoms with Gasteiger partial charge in [-0.1, -0.05) is 246 Å². The van der Waals surface area contributed by atoms with Gasteiger partial charge >= 0.3 is 17.9 Å². The Bertz CT molecular complexity index is 859. The van der Waals surface area contributed by atoms with E-state index in [1.807, 2.05) is 0 Å². The summed E-state index contributed by atoms with van der Waals surface area (Å²) in [5.74, 6) is 0.0470. The summed E-state index contributed by atoms with van der Waals surface area (Å²) in [5.41, 5.74) is 0. The van der Waals surface area contributed by atoms with Gasteiger partial charge in [-0.2, -0.15) is 0 Å². The summed E-state index contributed by atoms with van der Waals surface area (Å²) in [6.45, 7) is 9.04. The number of rotatable bonds is 46. The Morgan fingerprint density at radius 1 is 0.351 bits per heavy atom. The maximum absolute atomic E-state index is 12.7. The van der Waals surface area contributed by atoms with E-state index in [-0.39, 0.29) is 31.1 Å². The van der Waals surface area contributed by atoms with Crippen molar-refractivity contribution in [2.24, 2.45) is 5.92 Å². The molecule has 0 aliphatic carbocycles. The normalized spacial score (nSPS) is 12.4. The summed E-state index contributed by atoms with van der Waals surface area (Å²) >= 11 is 0. The zero-order valence-electron chi connectivity index (χ0n) is 38.8. The molecule has 0 radical (unpaired) electrons. The summed E-state index contributed by atoms with van der Waals surface area (Å²) in [6.07, 6.45) is 46.5. The van der Waals surface area contributed by atoms with Crippen molar-refractivity contribution in [1.29, 1.82) is 0 Å². The highest BCUT2D eigenvalue weighted by Gasteiger charge is 2.19. The van der Waals surface area contributed by atoms with Crippen LogP contribution in [0.2, 0.25) is 0 Å². The lowest BCUT2D eigenvalue weighted by Gasteiger charge is -2.18. The average molecular weight is 807 g/mol. The van der Waals surface area contributed by atoms with Crippen LogP contribution in [0, 0.1) is 5.92 Å². The zero-order valence-corrected chi connectivity index (χ0v) is 38.8. The fourth-order valence-electron chi connectivity index (χ4n) is 7.66. The Kier molecular flexibility index (Phi) is 44.2. The highest BCUT2D eigenvalue weighted by molar-refractivity contribution is 5.71. The number of ether oxygens (including phenoxy) is 3. The Morgan fingerprint density at radius 2 is 0.614 bits per heavy atom. The molecule has 338 valence electrons. The second-order valence-electron chi connectivity index (χ2n) is 17.7. The van der Waals surface area contributed by atoms with Crippen LogP contribution >= 0.6 is 0 Å². The van der Waals surface area contributed by atoms with Crippen LogP contribution in [0.15, 0.2) is 0 Å². The fourth-order valence-corrected chi connectivity index (χ4v) is 7.66. The molecule has 2 atom stereocenters. The van der Waals surface area contributed by atoms with E-state index in [0.717, 1.165) is 63.7 Å². The molecule has 0 aromatic heterocycles. The molecule has 0 saturated heterocycles. The van der Waals surface area contributed by atoms with Crippen molar-refractivity contribution in [3.05, 3.63) is 0 Å². The molecule has 6 heteroatoms. The van der Waals surface area contributed by atoms with Gasteiger partial charge in [0, 0.05) is 19.3 Å². The second-order valence-corrected chi connectivity index (χ2v) is 17.7. The van der Waals surface area contributed by atoms with Crippen LogP contribution in [0.25, 0.3) is 0 Å². The van der Waals surface area contributed by atoms with Crippen molar-refractivity contribution in [1.82, 2.24) is 0 Å². The van der Waals surface area contributed by atoms with Crippen molar-refractivity contribution < 1.29 is 28.6 Å². The van der Waals surface area contributed by atoms with Crippen molar-refractivity contribution in [3.63, 3.8) is 0 Å². The van der Waals surface area contributed by atoms with E-state index in [2.05, 4.69) is 27.7 Å². The molecule has 0 aliphatic rings. The minimum absolute atomic E-state index is 0.0630. The number of hydrogen-bond acceptors (Lipinski definition) is 6. The van der Waals surface area contributed by atoms with Crippen molar-refractivity contribution >= 4 is 17.9 Å². The van der Waals surface area contributed by atoms with Gasteiger partial charge in [0.2, 0.25) is 0 Å². The van der Waals surface area contributed by atoms with Crippen LogP contribution in [0.3, 0.4) is 0 Å². The minimum atomic E-state index is -0.759. The molecule has 0 aromatic carbocycles. The van der Waals surface area contributed by atoms with Gasteiger partial charge in [-0.05, 0) is 25.2 Å². The third-order valence-corrected chi connectivity index (χ3v) is 11.9. The lowest BCUT2D eigenvalue weighted by molar-refractivity contribution is -0.167. The number of carbonyl (C=O) groups excluding carboxylic acids is 3. The van der Waals surface area contributed by atoms with Crippen molar-refractivity contribution in [3.8, 4) is 0 Å². The van der Waals surface area contributed by atoms with Crippen LogP contribution in [0.4, 0.5) is 0 Å². The molecule has 0 amide bonds. The van der Waals surface area contributed by atoms with Crippen LogP contribution in [-0.4, -0.2) is 37.2 Å². The highest BCUT2D eigenvalue weighted by atomic mass is 16.6. The number of unbranched alkanes of at least 4 members (excludes halogenated alkanes) is 32. The van der Waals surface area contributed by atoms with Crippen molar-refractivity contribution in [2.45, 2.75) is 291 Å². The summed E-state index contributed by atoms with van der Waals surface area (Å²) in [7, 11) is 0. The Morgan fingerprint density at radius 3 is 0.912 bits per heavy atom. The van der Waals surface area contributed by atoms with E-state index < -0.39 is 6.10 Å². The molecule has 0 saturated carbocycles. The van der Waals surface area contributed by atoms with E-state index in [1.54, 1.807) is 0 Å². The topological polar surface area (TPSA) is 78.9 Å². The Labute approximate surface area is 355 Å². The number of carbonyl (C=O) groups is 3. The standard InChI is InChI=1S/C51H98O6/c1-5-8-10-12-14-16-17-23-27-30-34-38-42-49(52)55-45-48(57-51(54)44-40-36-32-25-15-13-11-9-6-2)46-56-50(53)43-39-35-31-28-24-21-19-18-20-22-26-29-33-37-41-47(4)7-3/h47-48H,5-46H2,1-4H3/t47?,48-/m1/s1. The molecular formula is C51H98O6. The summed E-state index contributed by atoms with van der Waals surface area (Å²) in [6, 6.07) is 0. The van der Waals surface area contributed by atoms with E-state index >= 15 is 0 Å². The number of esters is 3. The van der Waals surface area contributed by atoms with Gasteiger partial charge in [-0.25, -0.2) is 0 Å². The molecule has 0 bridgehead atoms. The number of hydrogen-bond donors (Lipinski definition) is 0. The first-order valence-corrected chi connectivity index (χ1v) is 25.4. The lowest BCUT2D eigenvalue weighted by atomic mass is 9.99. The molecular weight excluding hydrogens is 709 g/mol. The van der Waals surface area contributed by atoms with Gasteiger partial charge < -0.3 is 14.2 Å². The predicted octanol–water partition coefficient (Wildman–Crippen LogP) is 16.3. The maximum atomic E-state index is 12.7. The molecule has 6 nitrogen and oxygen atoms in total. The second kappa shape index (κ2) is 45.5. The van der Waals surface area contributed by atoms with Gasteiger partial charge in [0.25, 0.3) is 0 Å². The minimum Gasteiger partial charge on any atom is -0.462 e. The predicted molar refractivity (Wildman–Crippen MR) is 243 cm³/mol. The lowest BCUT2D eigenvalue weighted by Crippen LogP contribution is -2.30.